The van der Waals surface area contributed by atoms with Crippen LogP contribution in [0.15, 0.2) is 0 Å². The van der Waals surface area contributed by atoms with Crippen LogP contribution in [0.2, 0.25) is 0 Å². The number of unbranched alkanes of at least 4 members (excludes halogenated alkanes) is 1. The molecule has 1 saturated heterocycles. The van der Waals surface area contributed by atoms with Crippen molar-refractivity contribution in [3.05, 3.63) is 0 Å². The zero-order valence-electron chi connectivity index (χ0n) is 13.0. The number of amides is 1. The third kappa shape index (κ3) is 5.19. The number of aliphatic hydroxyl groups is 3. The summed E-state index contributed by atoms with van der Waals surface area (Å²) in [6.45, 7) is 5.04. The number of carbonyl (C=O) groups excluding carboxylic acids is 1. The minimum absolute atomic E-state index is 0.132. The van der Waals surface area contributed by atoms with Gasteiger partial charge in [-0.2, -0.15) is 0 Å². The third-order valence-corrected chi connectivity index (χ3v) is 3.74. The van der Waals surface area contributed by atoms with Gasteiger partial charge in [0.25, 0.3) is 0 Å². The van der Waals surface area contributed by atoms with Crippen molar-refractivity contribution in [3.63, 3.8) is 0 Å². The maximum absolute atomic E-state index is 11.3. The number of rotatable bonds is 7. The first-order chi connectivity index (χ1) is 9.90. The molecule has 0 radical (unpaired) electrons. The average molecular weight is 304 g/mol. The molecule has 1 amide bonds. The van der Waals surface area contributed by atoms with E-state index in [-0.39, 0.29) is 11.9 Å². The Hall–Kier alpha value is -0.730. The molecular weight excluding hydrogens is 276 g/mol. The Morgan fingerprint density at radius 3 is 2.52 bits per heavy atom. The van der Waals surface area contributed by atoms with Gasteiger partial charge in [-0.3, -0.25) is 10.1 Å². The number of hydrogen-bond acceptors (Lipinski definition) is 6. The highest BCUT2D eigenvalue weighted by Gasteiger charge is 2.44. The van der Waals surface area contributed by atoms with Crippen molar-refractivity contribution in [1.82, 2.24) is 10.6 Å². The lowest BCUT2D eigenvalue weighted by molar-refractivity contribution is -0.204. The van der Waals surface area contributed by atoms with Gasteiger partial charge in [0, 0.05) is 13.0 Å². The fraction of sp³-hybridized carbons (Fsp3) is 0.929. The largest absolute Gasteiger partial charge is 0.394 e. The van der Waals surface area contributed by atoms with Crippen molar-refractivity contribution < 1.29 is 24.9 Å². The van der Waals surface area contributed by atoms with Gasteiger partial charge in [-0.1, -0.05) is 19.8 Å². The molecule has 6 unspecified atom stereocenters. The van der Waals surface area contributed by atoms with Crippen LogP contribution in [0.1, 0.15) is 40.0 Å². The van der Waals surface area contributed by atoms with Crippen LogP contribution in [0.5, 0.6) is 0 Å². The normalized spacial score (nSPS) is 34.5. The van der Waals surface area contributed by atoms with Gasteiger partial charge in [-0.25, -0.2) is 0 Å². The van der Waals surface area contributed by atoms with Crippen molar-refractivity contribution in [2.75, 3.05) is 6.61 Å². The molecule has 0 bridgehead atoms. The molecule has 1 aliphatic rings. The van der Waals surface area contributed by atoms with Crippen molar-refractivity contribution in [2.24, 2.45) is 0 Å². The second kappa shape index (κ2) is 8.65. The van der Waals surface area contributed by atoms with Crippen molar-refractivity contribution in [3.8, 4) is 0 Å². The average Bonchev–Trinajstić information content (AvgIpc) is 2.44. The van der Waals surface area contributed by atoms with E-state index in [1.54, 1.807) is 0 Å². The summed E-state index contributed by atoms with van der Waals surface area (Å²) in [5, 5.41) is 35.1. The summed E-state index contributed by atoms with van der Waals surface area (Å²) in [6.07, 6.45) is -0.900. The maximum atomic E-state index is 11.3. The van der Waals surface area contributed by atoms with Gasteiger partial charge in [0.15, 0.2) is 0 Å². The standard InChI is InChI=1S/C14H28N2O5/c1-4-5-6-8(2)15-14-11(16-9(3)18)13(20)12(19)10(7-17)21-14/h8,10-15,17,19-20H,4-7H2,1-3H3,(H,16,18). The Morgan fingerprint density at radius 2 is 2.00 bits per heavy atom. The van der Waals surface area contributed by atoms with Crippen LogP contribution in [0.3, 0.4) is 0 Å². The molecule has 21 heavy (non-hydrogen) atoms. The fourth-order valence-corrected chi connectivity index (χ4v) is 2.53. The summed E-state index contributed by atoms with van der Waals surface area (Å²) < 4.78 is 5.60. The van der Waals surface area contributed by atoms with Crippen LogP contribution in [-0.4, -0.2) is 64.5 Å². The van der Waals surface area contributed by atoms with Gasteiger partial charge >= 0.3 is 0 Å². The molecule has 0 aromatic rings. The quantitative estimate of drug-likeness (QED) is 0.417. The molecule has 5 N–H and O–H groups in total. The number of hydrogen-bond donors (Lipinski definition) is 5. The minimum Gasteiger partial charge on any atom is -0.394 e. The van der Waals surface area contributed by atoms with Crippen molar-refractivity contribution in [2.45, 2.75) is 76.7 Å². The summed E-state index contributed by atoms with van der Waals surface area (Å²) in [5.74, 6) is -0.315. The Bertz CT molecular complexity index is 328. The van der Waals surface area contributed by atoms with E-state index in [9.17, 15) is 20.1 Å². The predicted molar refractivity (Wildman–Crippen MR) is 77.5 cm³/mol. The lowest BCUT2D eigenvalue weighted by Gasteiger charge is -2.43. The van der Waals surface area contributed by atoms with E-state index < -0.39 is 37.2 Å². The molecule has 1 heterocycles. The van der Waals surface area contributed by atoms with E-state index in [0.29, 0.717) is 0 Å². The van der Waals surface area contributed by atoms with Gasteiger partial charge in [0.1, 0.15) is 24.5 Å². The molecule has 6 atom stereocenters. The first-order valence-corrected chi connectivity index (χ1v) is 7.56. The molecule has 0 spiro atoms. The zero-order chi connectivity index (χ0) is 16.0. The molecule has 0 aliphatic carbocycles. The molecule has 0 aromatic heterocycles. The SMILES string of the molecule is CCCCC(C)NC1OC(CO)C(O)C(O)C1NC(C)=O. The van der Waals surface area contributed by atoms with Crippen molar-refractivity contribution in [1.29, 1.82) is 0 Å². The van der Waals surface area contributed by atoms with E-state index in [1.165, 1.54) is 6.92 Å². The van der Waals surface area contributed by atoms with Crippen LogP contribution >= 0.6 is 0 Å². The first-order valence-electron chi connectivity index (χ1n) is 7.56. The van der Waals surface area contributed by atoms with Crippen LogP contribution < -0.4 is 10.6 Å². The highest BCUT2D eigenvalue weighted by molar-refractivity contribution is 5.73. The Labute approximate surface area is 125 Å². The highest BCUT2D eigenvalue weighted by atomic mass is 16.5. The summed E-state index contributed by atoms with van der Waals surface area (Å²) in [7, 11) is 0. The smallest absolute Gasteiger partial charge is 0.217 e. The Kier molecular flexibility index (Phi) is 7.55. The van der Waals surface area contributed by atoms with E-state index in [4.69, 9.17) is 4.74 Å². The summed E-state index contributed by atoms with van der Waals surface area (Å²) >= 11 is 0. The first kappa shape index (κ1) is 18.3. The second-order valence-corrected chi connectivity index (χ2v) is 5.70. The fourth-order valence-electron chi connectivity index (χ4n) is 2.53. The second-order valence-electron chi connectivity index (χ2n) is 5.70. The van der Waals surface area contributed by atoms with Gasteiger partial charge < -0.3 is 25.4 Å². The van der Waals surface area contributed by atoms with E-state index in [0.717, 1.165) is 19.3 Å². The number of aliphatic hydroxyl groups excluding tert-OH is 3. The summed E-state index contributed by atoms with van der Waals surface area (Å²) in [6, 6.07) is -0.627. The monoisotopic (exact) mass is 304 g/mol. The Morgan fingerprint density at radius 1 is 1.33 bits per heavy atom. The van der Waals surface area contributed by atoms with Crippen LogP contribution in [-0.2, 0) is 9.53 Å². The lowest BCUT2D eigenvalue weighted by Crippen LogP contribution is -2.68. The predicted octanol–water partition coefficient (Wildman–Crippen LogP) is -0.902. The van der Waals surface area contributed by atoms with Gasteiger partial charge in [-0.05, 0) is 13.3 Å². The zero-order valence-corrected chi connectivity index (χ0v) is 13.0. The highest BCUT2D eigenvalue weighted by Crippen LogP contribution is 2.20. The van der Waals surface area contributed by atoms with E-state index >= 15 is 0 Å². The summed E-state index contributed by atoms with van der Waals surface area (Å²) in [4.78, 5) is 11.3. The van der Waals surface area contributed by atoms with Crippen LogP contribution in [0, 0.1) is 0 Å². The molecule has 7 heteroatoms. The number of nitrogens with one attached hydrogen (secondary N) is 2. The van der Waals surface area contributed by atoms with E-state index in [2.05, 4.69) is 17.6 Å². The molecule has 1 rings (SSSR count). The summed E-state index contributed by atoms with van der Waals surface area (Å²) in [5.41, 5.74) is 0. The van der Waals surface area contributed by atoms with Gasteiger partial charge in [-0.15, -0.1) is 0 Å². The molecule has 0 saturated carbocycles. The molecule has 7 nitrogen and oxygen atoms in total. The van der Waals surface area contributed by atoms with Crippen LogP contribution in [0.4, 0.5) is 0 Å². The Balaban J connectivity index is 2.75. The molecule has 0 aromatic carbocycles. The molecule has 1 fully saturated rings. The molecular formula is C14H28N2O5. The molecule has 124 valence electrons. The maximum Gasteiger partial charge on any atom is 0.217 e. The number of ether oxygens (including phenoxy) is 1. The molecule has 1 aliphatic heterocycles. The van der Waals surface area contributed by atoms with Gasteiger partial charge in [0.05, 0.1) is 12.6 Å². The van der Waals surface area contributed by atoms with E-state index in [1.807, 2.05) is 6.92 Å². The third-order valence-electron chi connectivity index (χ3n) is 3.74. The lowest BCUT2D eigenvalue weighted by atomic mass is 9.95. The van der Waals surface area contributed by atoms with Crippen molar-refractivity contribution >= 4 is 5.91 Å². The minimum atomic E-state index is -1.24. The topological polar surface area (TPSA) is 111 Å². The van der Waals surface area contributed by atoms with Gasteiger partial charge in [0.2, 0.25) is 5.91 Å². The van der Waals surface area contributed by atoms with Crippen LogP contribution in [0.25, 0.3) is 0 Å². The number of carbonyl (C=O) groups is 1.